The fourth-order valence-corrected chi connectivity index (χ4v) is 5.38. The summed E-state index contributed by atoms with van der Waals surface area (Å²) in [6.45, 7) is 8.22. The van der Waals surface area contributed by atoms with Gasteiger partial charge in [-0.2, -0.15) is 0 Å². The summed E-state index contributed by atoms with van der Waals surface area (Å²) in [4.78, 5) is 31.1. The Labute approximate surface area is 185 Å². The Hall–Kier alpha value is -2.08. The van der Waals surface area contributed by atoms with E-state index >= 15 is 0 Å². The summed E-state index contributed by atoms with van der Waals surface area (Å²) in [5.74, 6) is 0.572. The smallest absolute Gasteiger partial charge is 0.258 e. The van der Waals surface area contributed by atoms with Crippen molar-refractivity contribution in [3.63, 3.8) is 0 Å². The molecule has 170 valence electrons. The molecule has 0 N–H and O–H groups in total. The van der Waals surface area contributed by atoms with Crippen LogP contribution in [0.3, 0.4) is 0 Å². The van der Waals surface area contributed by atoms with Gasteiger partial charge in [-0.25, -0.2) is 0 Å². The Morgan fingerprint density at radius 1 is 1.23 bits per heavy atom. The molecule has 1 unspecified atom stereocenters. The Bertz CT molecular complexity index is 812. The predicted molar refractivity (Wildman–Crippen MR) is 119 cm³/mol. The van der Waals surface area contributed by atoms with Crippen LogP contribution in [0.1, 0.15) is 74.7 Å². The minimum absolute atomic E-state index is 0.0565. The summed E-state index contributed by atoms with van der Waals surface area (Å²) in [5.41, 5.74) is 1.06. The molecule has 1 aliphatic carbocycles. The van der Waals surface area contributed by atoms with Gasteiger partial charge >= 0.3 is 0 Å². The molecular formula is C25H36N2O4. The van der Waals surface area contributed by atoms with Crippen molar-refractivity contribution < 1.29 is 19.1 Å². The lowest BCUT2D eigenvalue weighted by Crippen LogP contribution is -2.57. The Morgan fingerprint density at radius 2 is 1.94 bits per heavy atom. The van der Waals surface area contributed by atoms with Gasteiger partial charge in [0.2, 0.25) is 5.91 Å². The van der Waals surface area contributed by atoms with Crippen LogP contribution in [-0.4, -0.2) is 65.6 Å². The third kappa shape index (κ3) is 4.45. The molecule has 1 aromatic rings. The maximum Gasteiger partial charge on any atom is 0.258 e. The second kappa shape index (κ2) is 9.19. The lowest BCUT2D eigenvalue weighted by molar-refractivity contribution is -0.139. The molecule has 3 aliphatic rings. The van der Waals surface area contributed by atoms with Crippen LogP contribution in [0.4, 0.5) is 0 Å². The van der Waals surface area contributed by atoms with Gasteiger partial charge in [-0.1, -0.05) is 30.9 Å². The fourth-order valence-electron chi connectivity index (χ4n) is 5.38. The zero-order valence-corrected chi connectivity index (χ0v) is 19.2. The molecule has 2 aliphatic heterocycles. The van der Waals surface area contributed by atoms with Crippen LogP contribution in [0, 0.1) is 6.92 Å². The summed E-state index contributed by atoms with van der Waals surface area (Å²) in [5, 5.41) is 0. The first-order valence-electron chi connectivity index (χ1n) is 11.9. The van der Waals surface area contributed by atoms with E-state index < -0.39 is 11.6 Å². The molecule has 0 aromatic heterocycles. The van der Waals surface area contributed by atoms with Crippen molar-refractivity contribution in [3.05, 3.63) is 29.3 Å². The van der Waals surface area contributed by atoms with E-state index in [9.17, 15) is 9.59 Å². The first-order valence-corrected chi connectivity index (χ1v) is 11.9. The normalized spacial score (nSPS) is 22.4. The Kier molecular flexibility index (Phi) is 6.56. The van der Waals surface area contributed by atoms with Gasteiger partial charge in [0.15, 0.2) is 0 Å². The van der Waals surface area contributed by atoms with Gasteiger partial charge in [-0.3, -0.25) is 9.59 Å². The number of carbonyl (C=O) groups excluding carboxylic acids is 2. The summed E-state index contributed by atoms with van der Waals surface area (Å²) in [6.07, 6.45) is 7.15. The molecule has 2 fully saturated rings. The molecule has 1 saturated carbocycles. The van der Waals surface area contributed by atoms with Gasteiger partial charge in [0, 0.05) is 25.4 Å². The van der Waals surface area contributed by atoms with Crippen LogP contribution in [0.25, 0.3) is 0 Å². The van der Waals surface area contributed by atoms with Crippen molar-refractivity contribution in [2.45, 2.75) is 83.4 Å². The minimum Gasteiger partial charge on any atom is -0.484 e. The summed E-state index contributed by atoms with van der Waals surface area (Å²) in [7, 11) is 0. The molecule has 2 amide bonds. The molecule has 4 rings (SSSR count). The highest BCUT2D eigenvalue weighted by Gasteiger charge is 2.45. The molecule has 1 aromatic carbocycles. The van der Waals surface area contributed by atoms with Crippen LogP contribution in [-0.2, 0) is 9.53 Å². The maximum atomic E-state index is 13.7. The number of benzene rings is 1. The summed E-state index contributed by atoms with van der Waals surface area (Å²) >= 11 is 0. The molecule has 1 atom stereocenters. The van der Waals surface area contributed by atoms with Crippen molar-refractivity contribution in [2.75, 3.05) is 26.3 Å². The third-order valence-electron chi connectivity index (χ3n) is 7.28. The molecule has 1 saturated heterocycles. The van der Waals surface area contributed by atoms with Gasteiger partial charge in [0.25, 0.3) is 5.91 Å². The highest BCUT2D eigenvalue weighted by Crippen LogP contribution is 2.36. The van der Waals surface area contributed by atoms with Gasteiger partial charge in [0.05, 0.1) is 25.3 Å². The summed E-state index contributed by atoms with van der Waals surface area (Å²) < 4.78 is 12.1. The number of aryl methyl sites for hydroxylation is 1. The van der Waals surface area contributed by atoms with E-state index in [1.165, 1.54) is 19.3 Å². The third-order valence-corrected chi connectivity index (χ3v) is 7.28. The quantitative estimate of drug-likeness (QED) is 0.729. The summed E-state index contributed by atoms with van der Waals surface area (Å²) in [6, 6.07) is 5.53. The van der Waals surface area contributed by atoms with Crippen molar-refractivity contribution in [2.24, 2.45) is 0 Å². The number of hydrogen-bond donors (Lipinski definition) is 0. The van der Waals surface area contributed by atoms with Crippen molar-refractivity contribution in [3.8, 4) is 5.75 Å². The van der Waals surface area contributed by atoms with Crippen molar-refractivity contribution in [1.29, 1.82) is 0 Å². The highest BCUT2D eigenvalue weighted by atomic mass is 16.5. The van der Waals surface area contributed by atoms with Gasteiger partial charge in [-0.15, -0.1) is 0 Å². The monoisotopic (exact) mass is 428 g/mol. The Morgan fingerprint density at radius 3 is 2.61 bits per heavy atom. The molecular weight excluding hydrogens is 392 g/mol. The molecule has 0 radical (unpaired) electrons. The molecule has 2 heterocycles. The van der Waals surface area contributed by atoms with Crippen molar-refractivity contribution in [1.82, 2.24) is 9.80 Å². The molecule has 6 heteroatoms. The number of rotatable bonds is 4. The number of carbonyl (C=O) groups is 2. The van der Waals surface area contributed by atoms with Gasteiger partial charge < -0.3 is 19.3 Å². The first-order chi connectivity index (χ1) is 14.9. The van der Waals surface area contributed by atoms with E-state index in [1.807, 2.05) is 43.9 Å². The standard InChI is InChI=1S/C25H36N2O4/c1-4-26(20-8-6-5-7-9-20)23(28)19(3)27-17-25(12-14-30-15-13-25)31-22-11-10-18(2)16-21(22)24(27)29/h10-11,16,19-20H,4-9,12-15,17H2,1-3H3. The van der Waals surface area contributed by atoms with E-state index in [1.54, 1.807) is 4.90 Å². The lowest BCUT2D eigenvalue weighted by atomic mass is 9.92. The van der Waals surface area contributed by atoms with Gasteiger partial charge in [0.1, 0.15) is 17.4 Å². The average Bonchev–Trinajstić information content (AvgIpc) is 2.90. The SMILES string of the molecule is CCN(C(=O)C(C)N1CC2(CCOCC2)Oc2ccc(C)cc2C1=O)C1CCCCC1. The molecule has 1 spiro atoms. The van der Waals surface area contributed by atoms with Crippen LogP contribution < -0.4 is 4.74 Å². The second-order valence-corrected chi connectivity index (χ2v) is 9.42. The van der Waals surface area contributed by atoms with Crippen LogP contribution in [0.2, 0.25) is 0 Å². The van der Waals surface area contributed by atoms with E-state index in [4.69, 9.17) is 9.47 Å². The van der Waals surface area contributed by atoms with E-state index in [2.05, 4.69) is 0 Å². The number of amides is 2. The van der Waals surface area contributed by atoms with E-state index in [-0.39, 0.29) is 11.8 Å². The maximum absolute atomic E-state index is 13.7. The largest absolute Gasteiger partial charge is 0.484 e. The number of likely N-dealkylation sites (N-methyl/N-ethyl adjacent to an activating group) is 1. The van der Waals surface area contributed by atoms with Crippen molar-refractivity contribution >= 4 is 11.8 Å². The zero-order chi connectivity index (χ0) is 22.0. The lowest BCUT2D eigenvalue weighted by Gasteiger charge is -2.42. The predicted octanol–water partition coefficient (Wildman–Crippen LogP) is 3.95. The molecule has 6 nitrogen and oxygen atoms in total. The van der Waals surface area contributed by atoms with Crippen LogP contribution >= 0.6 is 0 Å². The first kappa shape index (κ1) is 22.1. The number of fused-ring (bicyclic) bond motifs is 1. The zero-order valence-electron chi connectivity index (χ0n) is 19.2. The topological polar surface area (TPSA) is 59.1 Å². The minimum atomic E-state index is -0.524. The number of ether oxygens (including phenoxy) is 2. The second-order valence-electron chi connectivity index (χ2n) is 9.42. The van der Waals surface area contributed by atoms with E-state index in [0.717, 1.165) is 18.4 Å². The van der Waals surface area contributed by atoms with E-state index in [0.29, 0.717) is 56.5 Å². The van der Waals surface area contributed by atoms with Crippen LogP contribution in [0.5, 0.6) is 5.75 Å². The van der Waals surface area contributed by atoms with Gasteiger partial charge in [-0.05, 0) is 45.7 Å². The highest BCUT2D eigenvalue weighted by molar-refractivity contribution is 6.00. The van der Waals surface area contributed by atoms with Crippen LogP contribution in [0.15, 0.2) is 18.2 Å². The number of nitrogens with zero attached hydrogens (tertiary/aromatic N) is 2. The Balaban J connectivity index is 1.65. The molecule has 0 bridgehead atoms. The molecule has 31 heavy (non-hydrogen) atoms. The number of hydrogen-bond acceptors (Lipinski definition) is 4. The average molecular weight is 429 g/mol. The fraction of sp³-hybridized carbons (Fsp3) is 0.680.